The van der Waals surface area contributed by atoms with Crippen LogP contribution in [-0.4, -0.2) is 37.2 Å². The maximum Gasteiger partial charge on any atom is 0.271 e. The van der Waals surface area contributed by atoms with Crippen molar-refractivity contribution >= 4 is 22.9 Å². The zero-order valence-electron chi connectivity index (χ0n) is 18.1. The number of carbonyl (C=O) groups is 1. The number of aryl methyl sites for hydroxylation is 2. The Balaban J connectivity index is 1.64. The van der Waals surface area contributed by atoms with Crippen LogP contribution in [0.2, 0.25) is 0 Å². The van der Waals surface area contributed by atoms with E-state index in [1.165, 1.54) is 21.8 Å². The minimum atomic E-state index is -1.14. The minimum absolute atomic E-state index is 0.202. The highest BCUT2D eigenvalue weighted by Gasteiger charge is 2.33. The van der Waals surface area contributed by atoms with Crippen LogP contribution >= 0.6 is 11.3 Å². The van der Waals surface area contributed by atoms with E-state index in [0.29, 0.717) is 21.4 Å². The molecule has 33 heavy (non-hydrogen) atoms. The standard InChI is InChI=1S/C22H21F2N5O3S/c1-12-18(20(31)26-22(3,11-30)21-28-27-13(2)33-21)29-9-5-8-17(19(29)25-12)32-10-14-15(23)6-4-7-16(14)24/h4-9,30H,10-11H2,1-3H3,(H,26,31)/t22-/m0/s1. The second-order valence-electron chi connectivity index (χ2n) is 7.67. The first kappa shape index (κ1) is 22.7. The summed E-state index contributed by atoms with van der Waals surface area (Å²) in [5, 5.41) is 22.0. The van der Waals surface area contributed by atoms with E-state index >= 15 is 0 Å². The summed E-state index contributed by atoms with van der Waals surface area (Å²) >= 11 is 1.27. The first-order valence-electron chi connectivity index (χ1n) is 10.0. The Labute approximate surface area is 191 Å². The number of nitrogens with one attached hydrogen (secondary N) is 1. The molecule has 0 aliphatic heterocycles. The Kier molecular flexibility index (Phi) is 6.09. The van der Waals surface area contributed by atoms with E-state index in [9.17, 15) is 18.7 Å². The molecule has 4 rings (SSSR count). The zero-order valence-corrected chi connectivity index (χ0v) is 18.9. The third-order valence-electron chi connectivity index (χ3n) is 5.14. The molecule has 0 radical (unpaired) electrons. The van der Waals surface area contributed by atoms with Crippen molar-refractivity contribution in [3.8, 4) is 5.75 Å². The van der Waals surface area contributed by atoms with Gasteiger partial charge in [-0.3, -0.25) is 9.20 Å². The Morgan fingerprint density at radius 3 is 2.58 bits per heavy atom. The molecule has 3 heterocycles. The van der Waals surface area contributed by atoms with Crippen molar-refractivity contribution in [2.24, 2.45) is 0 Å². The van der Waals surface area contributed by atoms with Crippen LogP contribution in [0.5, 0.6) is 5.75 Å². The number of aliphatic hydroxyl groups is 1. The van der Waals surface area contributed by atoms with Gasteiger partial charge in [0.1, 0.15) is 39.5 Å². The number of imidazole rings is 1. The second-order valence-corrected chi connectivity index (χ2v) is 8.85. The van der Waals surface area contributed by atoms with Crippen molar-refractivity contribution in [1.29, 1.82) is 0 Å². The van der Waals surface area contributed by atoms with E-state index in [1.54, 1.807) is 39.1 Å². The van der Waals surface area contributed by atoms with E-state index in [4.69, 9.17) is 4.74 Å². The molecular formula is C22H21F2N5O3S. The molecule has 0 spiro atoms. The zero-order chi connectivity index (χ0) is 23.8. The molecule has 0 saturated heterocycles. The highest BCUT2D eigenvalue weighted by molar-refractivity contribution is 7.11. The molecule has 0 aliphatic carbocycles. The van der Waals surface area contributed by atoms with Crippen molar-refractivity contribution in [2.75, 3.05) is 6.61 Å². The lowest BCUT2D eigenvalue weighted by Gasteiger charge is -2.25. The largest absolute Gasteiger partial charge is 0.485 e. The average molecular weight is 474 g/mol. The summed E-state index contributed by atoms with van der Waals surface area (Å²) in [6.07, 6.45) is 1.63. The number of hydrogen-bond acceptors (Lipinski definition) is 7. The molecule has 0 aliphatic rings. The smallest absolute Gasteiger partial charge is 0.271 e. The van der Waals surface area contributed by atoms with E-state index in [0.717, 1.165) is 12.1 Å². The van der Waals surface area contributed by atoms with Crippen molar-refractivity contribution in [3.63, 3.8) is 0 Å². The van der Waals surface area contributed by atoms with E-state index in [2.05, 4.69) is 20.5 Å². The lowest BCUT2D eigenvalue weighted by Crippen LogP contribution is -2.46. The number of amides is 1. The summed E-state index contributed by atoms with van der Waals surface area (Å²) in [5.74, 6) is -1.65. The fraction of sp³-hybridized carbons (Fsp3) is 0.273. The average Bonchev–Trinajstić information content (AvgIpc) is 3.36. The fourth-order valence-corrected chi connectivity index (χ4v) is 4.14. The Morgan fingerprint density at radius 2 is 1.94 bits per heavy atom. The Bertz CT molecular complexity index is 1320. The number of pyridine rings is 1. The predicted octanol–water partition coefficient (Wildman–Crippen LogP) is 3.30. The van der Waals surface area contributed by atoms with E-state index in [-0.39, 0.29) is 30.2 Å². The monoisotopic (exact) mass is 473 g/mol. The maximum absolute atomic E-state index is 14.0. The van der Waals surface area contributed by atoms with Gasteiger partial charge in [0.15, 0.2) is 11.4 Å². The number of halogens is 2. The van der Waals surface area contributed by atoms with E-state index in [1.807, 2.05) is 0 Å². The second kappa shape index (κ2) is 8.83. The van der Waals surface area contributed by atoms with Crippen LogP contribution in [0.1, 0.15) is 38.7 Å². The number of benzene rings is 1. The van der Waals surface area contributed by atoms with Gasteiger partial charge in [0, 0.05) is 6.20 Å². The van der Waals surface area contributed by atoms with Gasteiger partial charge in [-0.15, -0.1) is 10.2 Å². The third-order valence-corrected chi connectivity index (χ3v) is 6.24. The van der Waals surface area contributed by atoms with Gasteiger partial charge in [0.25, 0.3) is 5.91 Å². The first-order chi connectivity index (χ1) is 15.7. The van der Waals surface area contributed by atoms with Gasteiger partial charge >= 0.3 is 0 Å². The van der Waals surface area contributed by atoms with Gasteiger partial charge in [-0.1, -0.05) is 17.4 Å². The molecule has 0 unspecified atom stereocenters. The topological polar surface area (TPSA) is 102 Å². The van der Waals surface area contributed by atoms with Gasteiger partial charge in [0.2, 0.25) is 0 Å². The van der Waals surface area contributed by atoms with Gasteiger partial charge in [-0.05, 0) is 45.0 Å². The first-order valence-corrected chi connectivity index (χ1v) is 10.8. The number of carbonyl (C=O) groups excluding carboxylic acids is 1. The molecule has 0 saturated carbocycles. The summed E-state index contributed by atoms with van der Waals surface area (Å²) in [5.41, 5.74) is -0.389. The van der Waals surface area contributed by atoms with Gasteiger partial charge in [-0.2, -0.15) is 0 Å². The van der Waals surface area contributed by atoms with Crippen LogP contribution in [-0.2, 0) is 12.1 Å². The van der Waals surface area contributed by atoms with Crippen LogP contribution in [0.25, 0.3) is 5.65 Å². The molecule has 0 fully saturated rings. The molecule has 172 valence electrons. The summed E-state index contributed by atoms with van der Waals surface area (Å²) in [6.45, 7) is 4.37. The van der Waals surface area contributed by atoms with Gasteiger partial charge < -0.3 is 15.2 Å². The van der Waals surface area contributed by atoms with Crippen LogP contribution in [0, 0.1) is 25.5 Å². The molecule has 1 atom stereocenters. The number of fused-ring (bicyclic) bond motifs is 1. The minimum Gasteiger partial charge on any atom is -0.485 e. The molecule has 11 heteroatoms. The number of aliphatic hydroxyl groups excluding tert-OH is 1. The molecular weight excluding hydrogens is 452 g/mol. The summed E-state index contributed by atoms with van der Waals surface area (Å²) in [4.78, 5) is 17.6. The number of rotatable bonds is 7. The highest BCUT2D eigenvalue weighted by Crippen LogP contribution is 2.27. The molecule has 3 aromatic heterocycles. The van der Waals surface area contributed by atoms with E-state index < -0.39 is 23.1 Å². The van der Waals surface area contributed by atoms with Crippen LogP contribution < -0.4 is 10.1 Å². The van der Waals surface area contributed by atoms with Gasteiger partial charge in [0.05, 0.1) is 17.9 Å². The summed E-state index contributed by atoms with van der Waals surface area (Å²) in [7, 11) is 0. The predicted molar refractivity (Wildman–Crippen MR) is 117 cm³/mol. The third kappa shape index (κ3) is 4.29. The lowest BCUT2D eigenvalue weighted by atomic mass is 10.0. The Morgan fingerprint density at radius 1 is 1.21 bits per heavy atom. The normalized spacial score (nSPS) is 13.2. The van der Waals surface area contributed by atoms with Crippen molar-refractivity contribution in [2.45, 2.75) is 32.9 Å². The molecule has 1 amide bonds. The lowest BCUT2D eigenvalue weighted by molar-refractivity contribution is 0.0842. The molecule has 1 aromatic carbocycles. The Hall–Kier alpha value is -3.44. The summed E-state index contributed by atoms with van der Waals surface area (Å²) < 4.78 is 35.1. The van der Waals surface area contributed by atoms with Crippen LogP contribution in [0.3, 0.4) is 0 Å². The molecule has 2 N–H and O–H groups in total. The quantitative estimate of drug-likeness (QED) is 0.427. The SMILES string of the molecule is Cc1nnc([C@](C)(CO)NC(=O)c2c(C)nc3c(OCc4c(F)cccc4F)cccn23)s1. The summed E-state index contributed by atoms with van der Waals surface area (Å²) in [6, 6.07) is 6.83. The van der Waals surface area contributed by atoms with Crippen molar-refractivity contribution < 1.29 is 23.4 Å². The number of nitrogens with zero attached hydrogens (tertiary/aromatic N) is 4. The highest BCUT2D eigenvalue weighted by atomic mass is 32.1. The fourth-order valence-electron chi connectivity index (χ4n) is 3.35. The molecule has 0 bridgehead atoms. The van der Waals surface area contributed by atoms with Crippen molar-refractivity contribution in [1.82, 2.24) is 24.9 Å². The molecule has 8 nitrogen and oxygen atoms in total. The number of hydrogen-bond donors (Lipinski definition) is 2. The number of aromatic nitrogens is 4. The van der Waals surface area contributed by atoms with Crippen LogP contribution in [0.15, 0.2) is 36.5 Å². The maximum atomic E-state index is 14.0. The van der Waals surface area contributed by atoms with Crippen molar-refractivity contribution in [3.05, 3.63) is 75.1 Å². The van der Waals surface area contributed by atoms with Gasteiger partial charge in [-0.25, -0.2) is 13.8 Å². The molecule has 4 aromatic rings. The number of ether oxygens (including phenoxy) is 1. The van der Waals surface area contributed by atoms with Crippen LogP contribution in [0.4, 0.5) is 8.78 Å².